The van der Waals surface area contributed by atoms with Crippen molar-refractivity contribution in [3.63, 3.8) is 0 Å². The van der Waals surface area contributed by atoms with Crippen molar-refractivity contribution in [2.24, 2.45) is 0 Å². The van der Waals surface area contributed by atoms with E-state index in [2.05, 4.69) is 30.5 Å². The van der Waals surface area contributed by atoms with Crippen molar-refractivity contribution in [3.05, 3.63) is 29.8 Å². The molecule has 3 heteroatoms. The van der Waals surface area contributed by atoms with Gasteiger partial charge in [0.25, 0.3) is 0 Å². The minimum Gasteiger partial charge on any atom is -0.326 e. The fourth-order valence-electron chi connectivity index (χ4n) is 1.33. The van der Waals surface area contributed by atoms with Crippen LogP contribution in [0.25, 0.3) is 0 Å². The molecule has 0 unspecified atom stereocenters. The van der Waals surface area contributed by atoms with Crippen LogP contribution in [0.1, 0.15) is 32.8 Å². The lowest BCUT2D eigenvalue weighted by Gasteiger charge is -2.09. The van der Waals surface area contributed by atoms with Crippen molar-refractivity contribution < 1.29 is 4.79 Å². The lowest BCUT2D eigenvalue weighted by atomic mass is 10.2. The molecule has 0 saturated carbocycles. The molecule has 1 amide bonds. The van der Waals surface area contributed by atoms with Gasteiger partial charge in [-0.25, -0.2) is 0 Å². The van der Waals surface area contributed by atoms with Gasteiger partial charge in [0.2, 0.25) is 5.91 Å². The van der Waals surface area contributed by atoms with Crippen molar-refractivity contribution >= 4 is 11.6 Å². The van der Waals surface area contributed by atoms with E-state index < -0.39 is 0 Å². The van der Waals surface area contributed by atoms with Crippen molar-refractivity contribution in [1.29, 1.82) is 0 Å². The summed E-state index contributed by atoms with van der Waals surface area (Å²) in [4.78, 5) is 11.2. The van der Waals surface area contributed by atoms with Gasteiger partial charge in [0.05, 0.1) is 0 Å². The van der Waals surface area contributed by atoms with Crippen LogP contribution in [-0.2, 0) is 11.3 Å². The van der Waals surface area contributed by atoms with Gasteiger partial charge in [0.15, 0.2) is 0 Å². The molecule has 2 N–H and O–H groups in total. The largest absolute Gasteiger partial charge is 0.326 e. The molecule has 1 aromatic carbocycles. The predicted octanol–water partition coefficient (Wildman–Crippen LogP) is 2.53. The number of carbonyl (C=O) groups excluding carboxylic acids is 1. The Morgan fingerprint density at radius 3 is 2.75 bits per heavy atom. The van der Waals surface area contributed by atoms with E-state index >= 15 is 0 Å². The summed E-state index contributed by atoms with van der Waals surface area (Å²) in [6.07, 6.45) is 0.508. The molecule has 0 spiro atoms. The second-order valence-electron chi connectivity index (χ2n) is 4.14. The standard InChI is InChI=1S/C13H20N2O/c1-4-13(16)15-12-7-5-6-11(8-12)9-14-10(2)3/h5-8,10,14H,4,9H2,1-3H3,(H,15,16). The molecule has 88 valence electrons. The number of anilines is 1. The van der Waals surface area contributed by atoms with Gasteiger partial charge < -0.3 is 10.6 Å². The minimum absolute atomic E-state index is 0.0500. The van der Waals surface area contributed by atoms with E-state index in [1.165, 1.54) is 5.56 Å². The highest BCUT2D eigenvalue weighted by molar-refractivity contribution is 5.90. The first kappa shape index (κ1) is 12.7. The first-order valence-corrected chi connectivity index (χ1v) is 5.74. The highest BCUT2D eigenvalue weighted by Gasteiger charge is 2.00. The average Bonchev–Trinajstić information content (AvgIpc) is 2.26. The average molecular weight is 220 g/mol. The number of hydrogen-bond donors (Lipinski definition) is 2. The van der Waals surface area contributed by atoms with Gasteiger partial charge in [-0.3, -0.25) is 4.79 Å². The molecule has 0 radical (unpaired) electrons. The van der Waals surface area contributed by atoms with Crippen LogP contribution in [-0.4, -0.2) is 11.9 Å². The minimum atomic E-state index is 0.0500. The Balaban J connectivity index is 2.60. The maximum atomic E-state index is 11.2. The van der Waals surface area contributed by atoms with Crippen LogP contribution in [0.5, 0.6) is 0 Å². The molecule has 1 aromatic rings. The normalized spacial score (nSPS) is 10.5. The van der Waals surface area contributed by atoms with E-state index in [9.17, 15) is 4.79 Å². The number of nitrogens with one attached hydrogen (secondary N) is 2. The van der Waals surface area contributed by atoms with Crippen LogP contribution >= 0.6 is 0 Å². The third kappa shape index (κ3) is 4.45. The summed E-state index contributed by atoms with van der Waals surface area (Å²) in [6.45, 7) is 6.90. The van der Waals surface area contributed by atoms with E-state index in [1.54, 1.807) is 0 Å². The Hall–Kier alpha value is -1.35. The summed E-state index contributed by atoms with van der Waals surface area (Å²) < 4.78 is 0. The molecule has 1 rings (SSSR count). The fraction of sp³-hybridized carbons (Fsp3) is 0.462. The molecular formula is C13H20N2O. The maximum absolute atomic E-state index is 11.2. The van der Waals surface area contributed by atoms with E-state index in [0.29, 0.717) is 12.5 Å². The summed E-state index contributed by atoms with van der Waals surface area (Å²) >= 11 is 0. The van der Waals surface area contributed by atoms with Crippen LogP contribution in [0.3, 0.4) is 0 Å². The summed E-state index contributed by atoms with van der Waals surface area (Å²) in [5, 5.41) is 6.20. The van der Waals surface area contributed by atoms with E-state index in [-0.39, 0.29) is 5.91 Å². The smallest absolute Gasteiger partial charge is 0.224 e. The highest BCUT2D eigenvalue weighted by atomic mass is 16.1. The zero-order valence-corrected chi connectivity index (χ0v) is 10.2. The monoisotopic (exact) mass is 220 g/mol. The Morgan fingerprint density at radius 2 is 2.12 bits per heavy atom. The van der Waals surface area contributed by atoms with Crippen LogP contribution in [0.15, 0.2) is 24.3 Å². The summed E-state index contributed by atoms with van der Waals surface area (Å²) in [6, 6.07) is 8.39. The zero-order chi connectivity index (χ0) is 12.0. The van der Waals surface area contributed by atoms with Crippen LogP contribution < -0.4 is 10.6 Å². The van der Waals surface area contributed by atoms with Gasteiger partial charge in [-0.2, -0.15) is 0 Å². The molecule has 16 heavy (non-hydrogen) atoms. The van der Waals surface area contributed by atoms with E-state index in [4.69, 9.17) is 0 Å². The molecule has 0 aromatic heterocycles. The van der Waals surface area contributed by atoms with Crippen molar-refractivity contribution in [3.8, 4) is 0 Å². The van der Waals surface area contributed by atoms with Crippen LogP contribution in [0, 0.1) is 0 Å². The molecule has 0 heterocycles. The molecule has 0 atom stereocenters. The summed E-state index contributed by atoms with van der Waals surface area (Å²) in [7, 11) is 0. The van der Waals surface area contributed by atoms with Gasteiger partial charge in [-0.1, -0.05) is 32.9 Å². The van der Waals surface area contributed by atoms with Crippen molar-refractivity contribution in [2.45, 2.75) is 39.8 Å². The zero-order valence-electron chi connectivity index (χ0n) is 10.2. The molecule has 0 bridgehead atoms. The van der Waals surface area contributed by atoms with Crippen molar-refractivity contribution in [1.82, 2.24) is 5.32 Å². The number of hydrogen-bond acceptors (Lipinski definition) is 2. The van der Waals surface area contributed by atoms with E-state index in [0.717, 1.165) is 12.2 Å². The molecule has 0 aliphatic heterocycles. The molecular weight excluding hydrogens is 200 g/mol. The molecule has 3 nitrogen and oxygen atoms in total. The second-order valence-corrected chi connectivity index (χ2v) is 4.14. The van der Waals surface area contributed by atoms with Gasteiger partial charge in [-0.15, -0.1) is 0 Å². The first-order chi connectivity index (χ1) is 7.61. The molecule has 0 fully saturated rings. The van der Waals surface area contributed by atoms with Crippen molar-refractivity contribution in [2.75, 3.05) is 5.32 Å². The Kier molecular flexibility index (Phi) is 4.99. The number of benzene rings is 1. The Morgan fingerprint density at radius 1 is 1.38 bits per heavy atom. The Bertz CT molecular complexity index is 348. The summed E-state index contributed by atoms with van der Waals surface area (Å²) in [5.41, 5.74) is 2.05. The van der Waals surface area contributed by atoms with Crippen LogP contribution in [0.4, 0.5) is 5.69 Å². The first-order valence-electron chi connectivity index (χ1n) is 5.74. The number of rotatable bonds is 5. The fourth-order valence-corrected chi connectivity index (χ4v) is 1.33. The van der Waals surface area contributed by atoms with Gasteiger partial charge in [0, 0.05) is 24.7 Å². The van der Waals surface area contributed by atoms with Gasteiger partial charge in [0.1, 0.15) is 0 Å². The van der Waals surface area contributed by atoms with Crippen LogP contribution in [0.2, 0.25) is 0 Å². The lowest BCUT2D eigenvalue weighted by Crippen LogP contribution is -2.21. The van der Waals surface area contributed by atoms with E-state index in [1.807, 2.05) is 25.1 Å². The summed E-state index contributed by atoms with van der Waals surface area (Å²) in [5.74, 6) is 0.0500. The topological polar surface area (TPSA) is 41.1 Å². The Labute approximate surface area is 97.2 Å². The third-order valence-corrected chi connectivity index (χ3v) is 2.25. The van der Waals surface area contributed by atoms with Gasteiger partial charge in [-0.05, 0) is 17.7 Å². The second kappa shape index (κ2) is 6.28. The maximum Gasteiger partial charge on any atom is 0.224 e. The number of carbonyl (C=O) groups is 1. The molecule has 0 saturated heterocycles. The highest BCUT2D eigenvalue weighted by Crippen LogP contribution is 2.10. The molecule has 0 aliphatic rings. The van der Waals surface area contributed by atoms with Gasteiger partial charge >= 0.3 is 0 Å². The molecule has 0 aliphatic carbocycles. The predicted molar refractivity (Wildman–Crippen MR) is 67.3 cm³/mol. The lowest BCUT2D eigenvalue weighted by molar-refractivity contribution is -0.115. The SMILES string of the molecule is CCC(=O)Nc1cccc(CNC(C)C)c1. The third-order valence-electron chi connectivity index (χ3n) is 2.25. The quantitative estimate of drug-likeness (QED) is 0.800. The number of amides is 1.